The third kappa shape index (κ3) is 6.12. The number of benzene rings is 2. The molecule has 25 heavy (non-hydrogen) atoms. The fourth-order valence-electron chi connectivity index (χ4n) is 3.11. The van der Waals surface area contributed by atoms with Gasteiger partial charge < -0.3 is 10.5 Å². The van der Waals surface area contributed by atoms with Crippen LogP contribution in [0.1, 0.15) is 65.0 Å². The van der Waals surface area contributed by atoms with Crippen LogP contribution < -0.4 is 10.5 Å². The molecule has 0 spiro atoms. The highest BCUT2D eigenvalue weighted by Gasteiger charge is 2.30. The van der Waals surface area contributed by atoms with E-state index in [4.69, 9.17) is 10.5 Å². The highest BCUT2D eigenvalue weighted by Crippen LogP contribution is 2.43. The summed E-state index contributed by atoms with van der Waals surface area (Å²) in [5.41, 5.74) is 9.55. The first-order valence-corrected chi connectivity index (χ1v) is 9.12. The van der Waals surface area contributed by atoms with E-state index in [1.807, 2.05) is 24.3 Å². The number of nitrogens with two attached hydrogens (primary N) is 1. The van der Waals surface area contributed by atoms with E-state index in [9.17, 15) is 0 Å². The number of hydrogen-bond donors (Lipinski definition) is 1. The van der Waals surface area contributed by atoms with Gasteiger partial charge in [0.25, 0.3) is 0 Å². The van der Waals surface area contributed by atoms with Gasteiger partial charge in [0, 0.05) is 5.69 Å². The molecule has 2 rings (SSSR count). The molecule has 0 aliphatic rings. The molecule has 1 unspecified atom stereocenters. The van der Waals surface area contributed by atoms with Gasteiger partial charge in [-0.1, -0.05) is 65.8 Å². The lowest BCUT2D eigenvalue weighted by molar-refractivity contribution is 0.229. The topological polar surface area (TPSA) is 35.2 Å². The van der Waals surface area contributed by atoms with Crippen LogP contribution in [0.5, 0.6) is 5.75 Å². The lowest BCUT2D eigenvalue weighted by atomic mass is 9.69. The van der Waals surface area contributed by atoms with Crippen molar-refractivity contribution < 1.29 is 4.74 Å². The Hall–Kier alpha value is -1.96. The van der Waals surface area contributed by atoms with Crippen molar-refractivity contribution in [1.29, 1.82) is 0 Å². The van der Waals surface area contributed by atoms with Gasteiger partial charge in [-0.15, -0.1) is 0 Å². The van der Waals surface area contributed by atoms with E-state index < -0.39 is 0 Å². The molecule has 0 heterocycles. The average Bonchev–Trinajstić information content (AvgIpc) is 2.51. The quantitative estimate of drug-likeness (QED) is 0.638. The molecular weight excluding hydrogens is 306 g/mol. The van der Waals surface area contributed by atoms with Crippen LogP contribution in [0.2, 0.25) is 0 Å². The molecule has 0 fully saturated rings. The average molecular weight is 340 g/mol. The fraction of sp³-hybridized carbons (Fsp3) is 0.478. The van der Waals surface area contributed by atoms with Crippen molar-refractivity contribution in [3.05, 3.63) is 59.7 Å². The molecule has 2 aromatic rings. The lowest BCUT2D eigenvalue weighted by Crippen LogP contribution is -2.23. The molecule has 0 saturated carbocycles. The van der Waals surface area contributed by atoms with Gasteiger partial charge in [0.05, 0.1) is 0 Å². The van der Waals surface area contributed by atoms with Gasteiger partial charge in [0.1, 0.15) is 12.4 Å². The molecule has 1 atom stereocenters. The zero-order valence-corrected chi connectivity index (χ0v) is 16.6. The Balaban J connectivity index is 2.07. The van der Waals surface area contributed by atoms with Gasteiger partial charge in [0.2, 0.25) is 0 Å². The summed E-state index contributed by atoms with van der Waals surface area (Å²) in [7, 11) is 0. The lowest BCUT2D eigenvalue weighted by Gasteiger charge is -2.36. The van der Waals surface area contributed by atoms with Crippen molar-refractivity contribution in [3.63, 3.8) is 0 Å². The minimum Gasteiger partial charge on any atom is -0.489 e. The van der Waals surface area contributed by atoms with Gasteiger partial charge in [-0.25, -0.2) is 0 Å². The van der Waals surface area contributed by atoms with Crippen molar-refractivity contribution >= 4 is 5.69 Å². The minimum atomic E-state index is 0.236. The zero-order valence-electron chi connectivity index (χ0n) is 16.6. The van der Waals surface area contributed by atoms with Gasteiger partial charge in [-0.3, -0.25) is 0 Å². The van der Waals surface area contributed by atoms with Crippen molar-refractivity contribution in [2.45, 2.75) is 60.5 Å². The number of hydrogen-bond acceptors (Lipinski definition) is 2. The molecule has 136 valence electrons. The van der Waals surface area contributed by atoms with Gasteiger partial charge in [-0.05, 0) is 58.6 Å². The van der Waals surface area contributed by atoms with Crippen molar-refractivity contribution in [1.82, 2.24) is 0 Å². The van der Waals surface area contributed by atoms with E-state index >= 15 is 0 Å². The first kappa shape index (κ1) is 19.4. The molecule has 0 aromatic heterocycles. The van der Waals surface area contributed by atoms with E-state index in [0.29, 0.717) is 17.9 Å². The van der Waals surface area contributed by atoms with Crippen LogP contribution in [0.3, 0.4) is 0 Å². The summed E-state index contributed by atoms with van der Waals surface area (Å²) >= 11 is 0. The molecule has 0 bridgehead atoms. The molecule has 2 aromatic carbocycles. The van der Waals surface area contributed by atoms with E-state index in [2.05, 4.69) is 65.8 Å². The maximum atomic E-state index is 5.91. The summed E-state index contributed by atoms with van der Waals surface area (Å²) in [6.07, 6.45) is 1.17. The standard InChI is InChI=1S/C23H33NO/c1-22(2,3)15-21(23(4,5)6)18-9-13-20(14-10-18)25-16-17-7-11-19(24)12-8-17/h7-14,21H,15-16,24H2,1-6H3. The molecule has 0 aliphatic carbocycles. The molecule has 0 saturated heterocycles. The maximum absolute atomic E-state index is 5.91. The summed E-state index contributed by atoms with van der Waals surface area (Å²) in [6.45, 7) is 14.5. The molecule has 0 radical (unpaired) electrons. The number of ether oxygens (including phenoxy) is 1. The second-order valence-electron chi connectivity index (χ2n) is 9.28. The van der Waals surface area contributed by atoms with Crippen LogP contribution in [-0.2, 0) is 6.61 Å². The molecule has 2 nitrogen and oxygen atoms in total. The predicted octanol–water partition coefficient (Wildman–Crippen LogP) is 6.41. The van der Waals surface area contributed by atoms with Gasteiger partial charge in [0.15, 0.2) is 0 Å². The summed E-state index contributed by atoms with van der Waals surface area (Å²) in [4.78, 5) is 0. The first-order valence-electron chi connectivity index (χ1n) is 9.12. The maximum Gasteiger partial charge on any atom is 0.119 e. The Morgan fingerprint density at radius 1 is 0.840 bits per heavy atom. The Labute approximate surface area is 153 Å². The molecular formula is C23H33NO. The van der Waals surface area contributed by atoms with Crippen LogP contribution in [-0.4, -0.2) is 0 Å². The Bertz CT molecular complexity index is 657. The van der Waals surface area contributed by atoms with E-state index in [1.54, 1.807) is 0 Å². The third-order valence-corrected chi connectivity index (χ3v) is 4.53. The van der Waals surface area contributed by atoms with E-state index in [-0.39, 0.29) is 5.41 Å². The Morgan fingerprint density at radius 3 is 1.88 bits per heavy atom. The highest BCUT2D eigenvalue weighted by molar-refractivity contribution is 5.39. The fourth-order valence-corrected chi connectivity index (χ4v) is 3.11. The number of rotatable bonds is 5. The second kappa shape index (κ2) is 7.51. The van der Waals surface area contributed by atoms with E-state index in [0.717, 1.165) is 17.0 Å². The Kier molecular flexibility index (Phi) is 5.82. The first-order chi connectivity index (χ1) is 11.5. The predicted molar refractivity (Wildman–Crippen MR) is 108 cm³/mol. The zero-order chi connectivity index (χ0) is 18.7. The molecule has 2 heteroatoms. The van der Waals surface area contributed by atoms with Crippen LogP contribution in [0.15, 0.2) is 48.5 Å². The molecule has 2 N–H and O–H groups in total. The summed E-state index contributed by atoms with van der Waals surface area (Å²) in [5.74, 6) is 1.43. The number of nitrogen functional groups attached to an aromatic ring is 1. The smallest absolute Gasteiger partial charge is 0.119 e. The molecule has 0 amide bonds. The highest BCUT2D eigenvalue weighted by atomic mass is 16.5. The van der Waals surface area contributed by atoms with Crippen LogP contribution in [0, 0.1) is 10.8 Å². The van der Waals surface area contributed by atoms with Gasteiger partial charge in [-0.2, -0.15) is 0 Å². The van der Waals surface area contributed by atoms with Crippen LogP contribution >= 0.6 is 0 Å². The largest absolute Gasteiger partial charge is 0.489 e. The summed E-state index contributed by atoms with van der Waals surface area (Å²) < 4.78 is 5.91. The third-order valence-electron chi connectivity index (χ3n) is 4.53. The van der Waals surface area contributed by atoms with Crippen LogP contribution in [0.4, 0.5) is 5.69 Å². The van der Waals surface area contributed by atoms with Crippen molar-refractivity contribution in [2.24, 2.45) is 10.8 Å². The van der Waals surface area contributed by atoms with Crippen molar-refractivity contribution in [3.8, 4) is 5.75 Å². The minimum absolute atomic E-state index is 0.236. The number of anilines is 1. The monoisotopic (exact) mass is 339 g/mol. The SMILES string of the molecule is CC(C)(C)CC(c1ccc(OCc2ccc(N)cc2)cc1)C(C)(C)C. The second-order valence-corrected chi connectivity index (χ2v) is 9.28. The summed E-state index contributed by atoms with van der Waals surface area (Å²) in [5, 5.41) is 0. The molecule has 0 aliphatic heterocycles. The van der Waals surface area contributed by atoms with E-state index in [1.165, 1.54) is 12.0 Å². The normalized spacial score (nSPS) is 13.5. The van der Waals surface area contributed by atoms with Crippen molar-refractivity contribution in [2.75, 3.05) is 5.73 Å². The Morgan fingerprint density at radius 2 is 1.40 bits per heavy atom. The van der Waals surface area contributed by atoms with Crippen LogP contribution in [0.25, 0.3) is 0 Å². The summed E-state index contributed by atoms with van der Waals surface area (Å²) in [6, 6.07) is 16.4. The van der Waals surface area contributed by atoms with Gasteiger partial charge >= 0.3 is 0 Å².